The first-order valence-electron chi connectivity index (χ1n) is 12.9. The van der Waals surface area contributed by atoms with Crippen molar-refractivity contribution in [3.63, 3.8) is 0 Å². The van der Waals surface area contributed by atoms with Crippen molar-refractivity contribution in [1.29, 1.82) is 0 Å². The van der Waals surface area contributed by atoms with Crippen LogP contribution >= 0.6 is 0 Å². The number of carbonyl (C=O) groups excluding carboxylic acids is 3. The molecule has 5 nitrogen and oxygen atoms in total. The summed E-state index contributed by atoms with van der Waals surface area (Å²) in [5.74, 6) is -2.45. The number of nitrogens with one attached hydrogen (secondary N) is 1. The van der Waals surface area contributed by atoms with Crippen LogP contribution in [0, 0.1) is 11.7 Å². The normalized spacial score (nSPS) is 24.2. The second-order valence-corrected chi connectivity index (χ2v) is 10.2. The topological polar surface area (TPSA) is 66.5 Å². The molecule has 4 aromatic carbocycles. The predicted octanol–water partition coefficient (Wildman–Crippen LogP) is 5.81. The molecule has 3 heterocycles. The lowest BCUT2D eigenvalue weighted by Gasteiger charge is -2.38. The number of anilines is 1. The first kappa shape index (κ1) is 23.3. The van der Waals surface area contributed by atoms with Crippen LogP contribution in [0.1, 0.15) is 43.4 Å². The van der Waals surface area contributed by atoms with Crippen LogP contribution in [-0.2, 0) is 10.2 Å². The van der Waals surface area contributed by atoms with Crippen molar-refractivity contribution >= 4 is 29.2 Å². The molecule has 1 saturated heterocycles. The summed E-state index contributed by atoms with van der Waals surface area (Å²) in [5, 5.41) is 3.03. The number of hydrogen-bond acceptors (Lipinski definition) is 4. The average Bonchev–Trinajstić information content (AvgIpc) is 3.45. The molecule has 0 bridgehead atoms. The molecule has 6 heteroatoms. The highest BCUT2D eigenvalue weighted by atomic mass is 19.1. The molecule has 39 heavy (non-hydrogen) atoms. The minimum Gasteiger partial charge on any atom is -0.358 e. The van der Waals surface area contributed by atoms with E-state index in [-0.39, 0.29) is 23.0 Å². The van der Waals surface area contributed by atoms with Crippen LogP contribution in [0.2, 0.25) is 0 Å². The van der Waals surface area contributed by atoms with Gasteiger partial charge >= 0.3 is 0 Å². The van der Waals surface area contributed by atoms with Gasteiger partial charge in [-0.2, -0.15) is 0 Å². The fourth-order valence-corrected chi connectivity index (χ4v) is 6.73. The molecule has 1 N–H and O–H groups in total. The quantitative estimate of drug-likeness (QED) is 0.349. The van der Waals surface area contributed by atoms with Crippen molar-refractivity contribution in [1.82, 2.24) is 4.90 Å². The number of benzene rings is 4. The molecule has 1 fully saturated rings. The van der Waals surface area contributed by atoms with Gasteiger partial charge in [-0.3, -0.25) is 14.4 Å². The van der Waals surface area contributed by atoms with Gasteiger partial charge in [0.05, 0.1) is 12.0 Å². The second kappa shape index (κ2) is 8.60. The van der Waals surface area contributed by atoms with Crippen LogP contribution in [0.3, 0.4) is 0 Å². The number of amides is 1. The molecule has 190 valence electrons. The molecule has 0 aromatic heterocycles. The van der Waals surface area contributed by atoms with Crippen molar-refractivity contribution in [2.75, 3.05) is 5.32 Å². The summed E-state index contributed by atoms with van der Waals surface area (Å²) in [4.78, 5) is 45.1. The van der Waals surface area contributed by atoms with Gasteiger partial charge in [-0.05, 0) is 53.1 Å². The van der Waals surface area contributed by atoms with Crippen molar-refractivity contribution in [3.05, 3.63) is 143 Å². The summed E-state index contributed by atoms with van der Waals surface area (Å²) < 4.78 is 13.8. The number of Topliss-reactive ketones (excluding diaryl/α,β-unsaturated/α-hetero) is 2. The van der Waals surface area contributed by atoms with Gasteiger partial charge in [0.1, 0.15) is 17.3 Å². The van der Waals surface area contributed by atoms with Crippen LogP contribution in [0.4, 0.5) is 10.1 Å². The highest BCUT2D eigenvalue weighted by Gasteiger charge is 2.70. The largest absolute Gasteiger partial charge is 0.358 e. The van der Waals surface area contributed by atoms with Crippen molar-refractivity contribution in [2.45, 2.75) is 17.5 Å². The molecule has 4 aromatic rings. The summed E-state index contributed by atoms with van der Waals surface area (Å²) in [6, 6.07) is 27.7. The van der Waals surface area contributed by atoms with E-state index in [4.69, 9.17) is 0 Å². The summed E-state index contributed by atoms with van der Waals surface area (Å²) in [6.07, 6.45) is 3.74. The first-order chi connectivity index (χ1) is 19.0. The fourth-order valence-electron chi connectivity index (χ4n) is 6.73. The van der Waals surface area contributed by atoms with E-state index in [0.717, 1.165) is 11.1 Å². The molecule has 0 unspecified atom stereocenters. The first-order valence-corrected chi connectivity index (χ1v) is 12.9. The number of para-hydroxylation sites is 1. The summed E-state index contributed by atoms with van der Waals surface area (Å²) >= 11 is 0. The standard InChI is InChI=1S/C33H23FN2O3/c34-23-16-14-22(15-17-23)30(38)28-27(29(37)21-9-2-1-3-10-21)33(25-12-6-7-13-26(25)35-32(33)39)31-24-11-5-4-8-20(24)18-19-36(28)31/h1-19,27-28,31H,(H,35,39)/t27-,28-,31+,33+/m0/s1. The minimum atomic E-state index is -1.38. The Morgan fingerprint density at radius 1 is 0.769 bits per heavy atom. The Morgan fingerprint density at radius 3 is 2.23 bits per heavy atom. The molecule has 0 aliphatic carbocycles. The van der Waals surface area contributed by atoms with Gasteiger partial charge in [-0.1, -0.05) is 72.8 Å². The van der Waals surface area contributed by atoms with Gasteiger partial charge in [0.25, 0.3) is 0 Å². The molecular formula is C33H23FN2O3. The summed E-state index contributed by atoms with van der Waals surface area (Å²) in [7, 11) is 0. The Balaban J connectivity index is 1.54. The SMILES string of the molecule is O=C(c1ccc(F)cc1)[C@@H]1[C@@H](C(=O)c2ccccc2)[C@@]2(C(=O)Nc3ccccc32)[C@H]2c3ccccc3C=CN12. The smallest absolute Gasteiger partial charge is 0.238 e. The highest BCUT2D eigenvalue weighted by Crippen LogP contribution is 2.62. The van der Waals surface area contributed by atoms with Crippen LogP contribution in [-0.4, -0.2) is 28.4 Å². The van der Waals surface area contributed by atoms with Crippen LogP contribution in [0.15, 0.2) is 109 Å². The van der Waals surface area contributed by atoms with Crippen LogP contribution in [0.5, 0.6) is 0 Å². The Bertz CT molecular complexity index is 1680. The van der Waals surface area contributed by atoms with E-state index in [1.165, 1.54) is 24.3 Å². The molecular weight excluding hydrogens is 491 g/mol. The lowest BCUT2D eigenvalue weighted by atomic mass is 9.62. The molecule has 1 spiro atoms. The third-order valence-electron chi connectivity index (χ3n) is 8.31. The number of hydrogen-bond donors (Lipinski definition) is 1. The van der Waals surface area contributed by atoms with Crippen molar-refractivity contribution in [2.24, 2.45) is 5.92 Å². The Hall–Kier alpha value is -4.84. The third-order valence-corrected chi connectivity index (χ3v) is 8.31. The van der Waals surface area contributed by atoms with Gasteiger partial charge in [-0.15, -0.1) is 0 Å². The molecule has 3 aliphatic rings. The van der Waals surface area contributed by atoms with Crippen LogP contribution in [0.25, 0.3) is 6.08 Å². The number of carbonyl (C=O) groups is 3. The van der Waals surface area contributed by atoms with E-state index in [1.807, 2.05) is 71.8 Å². The molecule has 0 radical (unpaired) electrons. The van der Waals surface area contributed by atoms with Gasteiger partial charge in [0.15, 0.2) is 11.6 Å². The van der Waals surface area contributed by atoms with E-state index in [0.29, 0.717) is 16.8 Å². The lowest BCUT2D eigenvalue weighted by Crippen LogP contribution is -2.49. The van der Waals surface area contributed by atoms with Gasteiger partial charge in [0, 0.05) is 23.0 Å². The fraction of sp³-hybridized carbons (Fsp3) is 0.121. The molecule has 7 rings (SSSR count). The Labute approximate surface area is 224 Å². The van der Waals surface area contributed by atoms with E-state index in [1.54, 1.807) is 24.3 Å². The van der Waals surface area contributed by atoms with Crippen molar-refractivity contribution < 1.29 is 18.8 Å². The van der Waals surface area contributed by atoms with E-state index >= 15 is 0 Å². The highest BCUT2D eigenvalue weighted by molar-refractivity contribution is 6.16. The molecule has 1 amide bonds. The molecule has 4 atom stereocenters. The lowest BCUT2D eigenvalue weighted by molar-refractivity contribution is -0.122. The Kier molecular flexibility index (Phi) is 5.13. The maximum Gasteiger partial charge on any atom is 0.238 e. The van der Waals surface area contributed by atoms with Crippen molar-refractivity contribution in [3.8, 4) is 0 Å². The van der Waals surface area contributed by atoms with E-state index < -0.39 is 29.2 Å². The number of nitrogens with zero attached hydrogens (tertiary/aromatic N) is 1. The molecule has 0 saturated carbocycles. The van der Waals surface area contributed by atoms with Crippen LogP contribution < -0.4 is 5.32 Å². The zero-order valence-corrected chi connectivity index (χ0v) is 20.8. The van der Waals surface area contributed by atoms with E-state index in [9.17, 15) is 18.8 Å². The monoisotopic (exact) mass is 514 g/mol. The predicted molar refractivity (Wildman–Crippen MR) is 146 cm³/mol. The van der Waals surface area contributed by atoms with Gasteiger partial charge < -0.3 is 10.2 Å². The Morgan fingerprint density at radius 2 is 1.44 bits per heavy atom. The third kappa shape index (κ3) is 3.21. The maximum atomic E-state index is 14.6. The number of halogens is 1. The summed E-state index contributed by atoms with van der Waals surface area (Å²) in [5.41, 5.74) is 2.44. The van der Waals surface area contributed by atoms with Gasteiger partial charge in [0.2, 0.25) is 5.91 Å². The average molecular weight is 515 g/mol. The summed E-state index contributed by atoms with van der Waals surface area (Å²) in [6.45, 7) is 0. The zero-order chi connectivity index (χ0) is 26.7. The second-order valence-electron chi connectivity index (χ2n) is 10.2. The number of fused-ring (bicyclic) bond motifs is 6. The molecule has 3 aliphatic heterocycles. The zero-order valence-electron chi connectivity index (χ0n) is 20.8. The number of ketones is 2. The minimum absolute atomic E-state index is 0.280. The van der Waals surface area contributed by atoms with Gasteiger partial charge in [-0.25, -0.2) is 4.39 Å². The maximum absolute atomic E-state index is 14.6. The number of rotatable bonds is 4. The van der Waals surface area contributed by atoms with E-state index in [2.05, 4.69) is 5.32 Å².